The number of hydrogen-bond acceptors (Lipinski definition) is 2. The van der Waals surface area contributed by atoms with Crippen LogP contribution in [0.5, 0.6) is 0 Å². The number of aromatic nitrogens is 2. The lowest BCUT2D eigenvalue weighted by Gasteiger charge is -2.20. The molecular weight excluding hydrogens is 204 g/mol. The Kier molecular flexibility index (Phi) is 3.73. The van der Waals surface area contributed by atoms with Gasteiger partial charge in [-0.1, -0.05) is 20.8 Å². The van der Waals surface area contributed by atoms with E-state index in [0.717, 1.165) is 11.4 Å². The molecule has 0 atom stereocenters. The Hall–Kier alpha value is -1.32. The molecule has 1 aromatic heterocycles. The zero-order valence-electron chi connectivity index (χ0n) is 10.4. The van der Waals surface area contributed by atoms with Gasteiger partial charge in [0.05, 0.1) is 5.69 Å². The molecule has 1 heterocycles. The van der Waals surface area contributed by atoms with E-state index < -0.39 is 5.97 Å². The highest BCUT2D eigenvalue weighted by Gasteiger charge is 2.19. The summed E-state index contributed by atoms with van der Waals surface area (Å²) in [6, 6.07) is 2.07. The summed E-state index contributed by atoms with van der Waals surface area (Å²) >= 11 is 0. The third-order valence-corrected chi connectivity index (χ3v) is 2.43. The highest BCUT2D eigenvalue weighted by atomic mass is 16.4. The third-order valence-electron chi connectivity index (χ3n) is 2.43. The van der Waals surface area contributed by atoms with E-state index in [4.69, 9.17) is 5.11 Å². The fraction of sp³-hybridized carbons (Fsp3) is 0.667. The number of nitrogens with zero attached hydrogens (tertiary/aromatic N) is 2. The van der Waals surface area contributed by atoms with E-state index in [9.17, 15) is 4.79 Å². The Morgan fingerprint density at radius 3 is 2.62 bits per heavy atom. The lowest BCUT2D eigenvalue weighted by atomic mass is 9.92. The average Bonchev–Trinajstić information content (AvgIpc) is 2.45. The van der Waals surface area contributed by atoms with Gasteiger partial charge >= 0.3 is 5.97 Å². The SMILES string of the molecule is Cc1cc(C(C)(C)C)n(CCCC(=O)O)n1. The second-order valence-electron chi connectivity index (χ2n) is 5.14. The molecule has 1 rings (SSSR count). The second kappa shape index (κ2) is 4.68. The molecule has 0 aliphatic heterocycles. The average molecular weight is 224 g/mol. The number of carboxylic acids is 1. The molecule has 0 saturated heterocycles. The standard InChI is InChI=1S/C12H20N2O2/c1-9-8-10(12(2,3)4)14(13-9)7-5-6-11(15)16/h8H,5-7H2,1-4H3,(H,15,16). The first kappa shape index (κ1) is 12.7. The molecule has 1 N–H and O–H groups in total. The molecule has 0 aliphatic carbocycles. The van der Waals surface area contributed by atoms with Crippen molar-refractivity contribution in [2.24, 2.45) is 0 Å². The van der Waals surface area contributed by atoms with E-state index in [-0.39, 0.29) is 11.8 Å². The molecule has 0 amide bonds. The van der Waals surface area contributed by atoms with Gasteiger partial charge in [-0.25, -0.2) is 0 Å². The molecule has 0 radical (unpaired) electrons. The van der Waals surface area contributed by atoms with E-state index in [1.807, 2.05) is 11.6 Å². The number of rotatable bonds is 4. The minimum Gasteiger partial charge on any atom is -0.481 e. The van der Waals surface area contributed by atoms with E-state index >= 15 is 0 Å². The maximum atomic E-state index is 10.4. The van der Waals surface area contributed by atoms with Crippen molar-refractivity contribution in [3.8, 4) is 0 Å². The molecule has 0 spiro atoms. The van der Waals surface area contributed by atoms with Gasteiger partial charge < -0.3 is 5.11 Å². The highest BCUT2D eigenvalue weighted by Crippen LogP contribution is 2.23. The van der Waals surface area contributed by atoms with Gasteiger partial charge in [-0.3, -0.25) is 9.48 Å². The lowest BCUT2D eigenvalue weighted by molar-refractivity contribution is -0.137. The molecule has 4 heteroatoms. The predicted octanol–water partition coefficient (Wildman–Crippen LogP) is 2.35. The van der Waals surface area contributed by atoms with Crippen LogP contribution in [0.1, 0.15) is 45.0 Å². The fourth-order valence-electron chi connectivity index (χ4n) is 1.70. The van der Waals surface area contributed by atoms with E-state index in [1.165, 1.54) is 0 Å². The molecule has 0 bridgehead atoms. The van der Waals surface area contributed by atoms with Crippen molar-refractivity contribution in [1.82, 2.24) is 9.78 Å². The van der Waals surface area contributed by atoms with Crippen molar-refractivity contribution in [3.63, 3.8) is 0 Å². The molecule has 16 heavy (non-hydrogen) atoms. The zero-order valence-corrected chi connectivity index (χ0v) is 10.4. The van der Waals surface area contributed by atoms with Gasteiger partial charge in [0, 0.05) is 24.1 Å². The number of aliphatic carboxylic acids is 1. The van der Waals surface area contributed by atoms with Crippen molar-refractivity contribution < 1.29 is 9.90 Å². The summed E-state index contributed by atoms with van der Waals surface area (Å²) < 4.78 is 1.93. The first-order valence-electron chi connectivity index (χ1n) is 5.57. The topological polar surface area (TPSA) is 55.1 Å². The summed E-state index contributed by atoms with van der Waals surface area (Å²) in [7, 11) is 0. The van der Waals surface area contributed by atoms with E-state index in [0.29, 0.717) is 13.0 Å². The summed E-state index contributed by atoms with van der Waals surface area (Å²) in [5.41, 5.74) is 2.19. The Labute approximate surface area is 96.3 Å². The quantitative estimate of drug-likeness (QED) is 0.854. The van der Waals surface area contributed by atoms with Crippen molar-refractivity contribution in [3.05, 3.63) is 17.5 Å². The van der Waals surface area contributed by atoms with Crippen LogP contribution in [0.25, 0.3) is 0 Å². The molecular formula is C12H20N2O2. The van der Waals surface area contributed by atoms with Gasteiger partial charge in [0.25, 0.3) is 0 Å². The van der Waals surface area contributed by atoms with Gasteiger partial charge in [-0.15, -0.1) is 0 Å². The van der Waals surface area contributed by atoms with Crippen LogP contribution in [0.2, 0.25) is 0 Å². The van der Waals surface area contributed by atoms with Gasteiger partial charge in [-0.05, 0) is 19.4 Å². The summed E-state index contributed by atoms with van der Waals surface area (Å²) in [4.78, 5) is 10.4. The minimum atomic E-state index is -0.749. The van der Waals surface area contributed by atoms with Gasteiger partial charge in [0.15, 0.2) is 0 Å². The lowest BCUT2D eigenvalue weighted by Crippen LogP contribution is -2.18. The largest absolute Gasteiger partial charge is 0.481 e. The molecule has 90 valence electrons. The highest BCUT2D eigenvalue weighted by molar-refractivity contribution is 5.66. The zero-order chi connectivity index (χ0) is 12.3. The third kappa shape index (κ3) is 3.36. The summed E-state index contributed by atoms with van der Waals surface area (Å²) in [6.45, 7) is 9.04. The number of carbonyl (C=O) groups is 1. The Balaban J connectivity index is 2.75. The molecule has 1 aromatic rings. The van der Waals surface area contributed by atoms with Gasteiger partial charge in [0.2, 0.25) is 0 Å². The van der Waals surface area contributed by atoms with E-state index in [2.05, 4.69) is 31.9 Å². The normalized spacial score (nSPS) is 11.8. The van der Waals surface area contributed by atoms with Gasteiger partial charge in [-0.2, -0.15) is 5.10 Å². The molecule has 0 saturated carbocycles. The van der Waals surface area contributed by atoms with Crippen LogP contribution in [-0.2, 0) is 16.8 Å². The van der Waals surface area contributed by atoms with Crippen LogP contribution in [0.4, 0.5) is 0 Å². The Morgan fingerprint density at radius 2 is 2.12 bits per heavy atom. The summed E-state index contributed by atoms with van der Waals surface area (Å²) in [6.07, 6.45) is 0.821. The second-order valence-corrected chi connectivity index (χ2v) is 5.14. The van der Waals surface area contributed by atoms with E-state index in [1.54, 1.807) is 0 Å². The molecule has 0 unspecified atom stereocenters. The number of hydrogen-bond donors (Lipinski definition) is 1. The first-order valence-corrected chi connectivity index (χ1v) is 5.57. The Bertz CT molecular complexity index is 375. The first-order chi connectivity index (χ1) is 7.30. The van der Waals surface area contributed by atoms with Crippen LogP contribution in [-0.4, -0.2) is 20.9 Å². The smallest absolute Gasteiger partial charge is 0.303 e. The van der Waals surface area contributed by atoms with Crippen LogP contribution < -0.4 is 0 Å². The van der Waals surface area contributed by atoms with Crippen LogP contribution in [0.15, 0.2) is 6.07 Å². The fourth-order valence-corrected chi connectivity index (χ4v) is 1.70. The van der Waals surface area contributed by atoms with Crippen LogP contribution in [0, 0.1) is 6.92 Å². The predicted molar refractivity (Wildman–Crippen MR) is 62.5 cm³/mol. The van der Waals surface area contributed by atoms with Crippen molar-refractivity contribution in [2.45, 2.75) is 52.5 Å². The molecule has 0 aromatic carbocycles. The monoisotopic (exact) mass is 224 g/mol. The van der Waals surface area contributed by atoms with Crippen molar-refractivity contribution >= 4 is 5.97 Å². The maximum Gasteiger partial charge on any atom is 0.303 e. The van der Waals surface area contributed by atoms with Crippen molar-refractivity contribution in [1.29, 1.82) is 0 Å². The van der Waals surface area contributed by atoms with Crippen LogP contribution in [0.3, 0.4) is 0 Å². The Morgan fingerprint density at radius 1 is 1.50 bits per heavy atom. The summed E-state index contributed by atoms with van der Waals surface area (Å²) in [5, 5.41) is 13.0. The van der Waals surface area contributed by atoms with Crippen molar-refractivity contribution in [2.75, 3.05) is 0 Å². The number of aryl methyl sites for hydroxylation is 2. The minimum absolute atomic E-state index is 0.0461. The molecule has 4 nitrogen and oxygen atoms in total. The molecule has 0 fully saturated rings. The van der Waals surface area contributed by atoms with Crippen LogP contribution >= 0.6 is 0 Å². The summed E-state index contributed by atoms with van der Waals surface area (Å²) in [5.74, 6) is -0.749. The van der Waals surface area contributed by atoms with Gasteiger partial charge in [0.1, 0.15) is 0 Å². The maximum absolute atomic E-state index is 10.4. The molecule has 0 aliphatic rings. The number of carboxylic acid groups (broad SMARTS) is 1.